The van der Waals surface area contributed by atoms with Crippen molar-refractivity contribution in [2.45, 2.75) is 44.4 Å². The van der Waals surface area contributed by atoms with E-state index in [0.717, 1.165) is 54.7 Å². The van der Waals surface area contributed by atoms with E-state index in [4.69, 9.17) is 16.3 Å². The minimum atomic E-state index is -0.656. The maximum atomic E-state index is 13.1. The van der Waals surface area contributed by atoms with E-state index >= 15 is 0 Å². The van der Waals surface area contributed by atoms with Gasteiger partial charge in [0.1, 0.15) is 22.7 Å². The van der Waals surface area contributed by atoms with Crippen LogP contribution in [0, 0.1) is 5.82 Å². The lowest BCUT2D eigenvalue weighted by atomic mass is 10.0. The number of halogens is 2. The summed E-state index contributed by atoms with van der Waals surface area (Å²) in [4.78, 5) is 19.6. The Labute approximate surface area is 221 Å². The highest BCUT2D eigenvalue weighted by Gasteiger charge is 2.22. The zero-order chi connectivity index (χ0) is 25.8. The van der Waals surface area contributed by atoms with Gasteiger partial charge in [-0.1, -0.05) is 42.8 Å². The fourth-order valence-electron chi connectivity index (χ4n) is 4.78. The van der Waals surface area contributed by atoms with Gasteiger partial charge in [0.25, 0.3) is 5.91 Å². The molecule has 1 aliphatic rings. The van der Waals surface area contributed by atoms with E-state index < -0.39 is 5.50 Å². The normalized spacial score (nSPS) is 15.2. The molecule has 5 rings (SSSR count). The number of pyridine rings is 1. The number of nitrogens with zero attached hydrogens (tertiary/aromatic N) is 3. The van der Waals surface area contributed by atoms with Crippen molar-refractivity contribution >= 4 is 28.8 Å². The van der Waals surface area contributed by atoms with Crippen molar-refractivity contribution < 1.29 is 13.9 Å². The number of hydrogen-bond acceptors (Lipinski definition) is 4. The molecule has 4 aromatic rings. The number of nitrogens with one attached hydrogen (secondary N) is 1. The molecule has 3 heterocycles. The second kappa shape index (κ2) is 11.3. The number of rotatable bonds is 8. The maximum Gasteiger partial charge on any atom is 0.271 e. The van der Waals surface area contributed by atoms with Crippen LogP contribution >= 0.6 is 11.6 Å². The number of imidazole rings is 1. The molecule has 0 spiro atoms. The monoisotopic (exact) mass is 520 g/mol. The largest absolute Gasteiger partial charge is 0.373 e. The molecule has 1 atom stereocenters. The second-order valence-corrected chi connectivity index (χ2v) is 9.71. The highest BCUT2D eigenvalue weighted by molar-refractivity contribution is 6.22. The van der Waals surface area contributed by atoms with Crippen LogP contribution in [0.25, 0.3) is 5.65 Å². The predicted octanol–water partition coefficient (Wildman–Crippen LogP) is 5.89. The number of piperidine rings is 1. The number of aromatic nitrogens is 2. The summed E-state index contributed by atoms with van der Waals surface area (Å²) in [5.41, 5.74) is 4.63. The van der Waals surface area contributed by atoms with Gasteiger partial charge in [0.05, 0.1) is 18.9 Å². The summed E-state index contributed by atoms with van der Waals surface area (Å²) in [6, 6.07) is 18.3. The Morgan fingerprint density at radius 2 is 1.95 bits per heavy atom. The van der Waals surface area contributed by atoms with Gasteiger partial charge in [-0.05, 0) is 72.4 Å². The summed E-state index contributed by atoms with van der Waals surface area (Å²) < 4.78 is 20.9. The van der Waals surface area contributed by atoms with Crippen LogP contribution in [0.1, 0.15) is 52.4 Å². The number of anilines is 1. The molecule has 37 heavy (non-hydrogen) atoms. The number of fused-ring (bicyclic) bond motifs is 1. The smallest absolute Gasteiger partial charge is 0.271 e. The van der Waals surface area contributed by atoms with E-state index in [0.29, 0.717) is 17.9 Å². The fraction of sp³-hybridized carbons (Fsp3) is 0.310. The van der Waals surface area contributed by atoms with Crippen LogP contribution < -0.4 is 10.2 Å². The highest BCUT2D eigenvalue weighted by atomic mass is 35.5. The van der Waals surface area contributed by atoms with Crippen molar-refractivity contribution in [2.24, 2.45) is 0 Å². The van der Waals surface area contributed by atoms with Crippen LogP contribution in [-0.2, 0) is 17.8 Å². The molecule has 6 nitrogen and oxygen atoms in total. The average molecular weight is 521 g/mol. The number of aryl methyl sites for hydroxylation is 1. The molecule has 1 amide bonds. The first-order chi connectivity index (χ1) is 18.0. The van der Waals surface area contributed by atoms with Gasteiger partial charge in [-0.2, -0.15) is 0 Å². The van der Waals surface area contributed by atoms with E-state index in [9.17, 15) is 9.18 Å². The standard InChI is InChI=1S/C29H30ClFN4O2/c1-2-21-17-23(34-15-12-24(13-16-34)37-19-20-6-8-22(31)9-7-20)10-11-25(21)28(30)33-29(36)26-18-32-27-5-3-4-14-35(26)27/h3-11,14,17-18,24,28H,2,12-13,15-16,19H2,1H3,(H,33,36). The molecule has 1 unspecified atom stereocenters. The Bertz CT molecular complexity index is 1370. The summed E-state index contributed by atoms with van der Waals surface area (Å²) >= 11 is 6.69. The first kappa shape index (κ1) is 25.2. The predicted molar refractivity (Wildman–Crippen MR) is 143 cm³/mol. The summed E-state index contributed by atoms with van der Waals surface area (Å²) in [5.74, 6) is -0.503. The topological polar surface area (TPSA) is 58.9 Å². The molecule has 1 saturated heterocycles. The third-order valence-electron chi connectivity index (χ3n) is 6.89. The number of carbonyl (C=O) groups is 1. The van der Waals surface area contributed by atoms with Crippen LogP contribution in [0.5, 0.6) is 0 Å². The minimum Gasteiger partial charge on any atom is -0.373 e. The average Bonchev–Trinajstić information content (AvgIpc) is 3.37. The summed E-state index contributed by atoms with van der Waals surface area (Å²) in [5, 5.41) is 2.92. The van der Waals surface area contributed by atoms with Crippen molar-refractivity contribution in [2.75, 3.05) is 18.0 Å². The summed E-state index contributed by atoms with van der Waals surface area (Å²) in [6.45, 7) is 4.38. The zero-order valence-electron chi connectivity index (χ0n) is 20.7. The molecule has 2 aromatic heterocycles. The number of alkyl halides is 1. The Morgan fingerprint density at radius 1 is 1.16 bits per heavy atom. The van der Waals surface area contributed by atoms with Gasteiger partial charge in [0, 0.05) is 25.0 Å². The molecule has 1 N–H and O–H groups in total. The quantitative estimate of drug-likeness (QED) is 0.232. The van der Waals surface area contributed by atoms with Crippen LogP contribution in [0.3, 0.4) is 0 Å². The number of hydrogen-bond donors (Lipinski definition) is 1. The van der Waals surface area contributed by atoms with E-state index in [1.165, 1.54) is 12.1 Å². The Morgan fingerprint density at radius 3 is 2.70 bits per heavy atom. The van der Waals surface area contributed by atoms with Gasteiger partial charge in [0.15, 0.2) is 0 Å². The van der Waals surface area contributed by atoms with Crippen molar-refractivity contribution in [3.05, 3.63) is 101 Å². The van der Waals surface area contributed by atoms with Crippen molar-refractivity contribution in [3.8, 4) is 0 Å². The molecular weight excluding hydrogens is 491 g/mol. The van der Waals surface area contributed by atoms with Crippen molar-refractivity contribution in [3.63, 3.8) is 0 Å². The van der Waals surface area contributed by atoms with Crippen LogP contribution in [0.15, 0.2) is 73.1 Å². The lowest BCUT2D eigenvalue weighted by molar-refractivity contribution is 0.0251. The van der Waals surface area contributed by atoms with Crippen LogP contribution in [0.2, 0.25) is 0 Å². The van der Waals surface area contributed by atoms with E-state index in [2.05, 4.69) is 34.3 Å². The third kappa shape index (κ3) is 5.78. The zero-order valence-corrected chi connectivity index (χ0v) is 21.5. The van der Waals surface area contributed by atoms with Gasteiger partial charge in [0.2, 0.25) is 0 Å². The SMILES string of the molecule is CCc1cc(N2CCC(OCc3ccc(F)cc3)CC2)ccc1C(Cl)NC(=O)c1cnc2ccccn12. The Kier molecular flexibility index (Phi) is 7.72. The van der Waals surface area contributed by atoms with Gasteiger partial charge in [-0.3, -0.25) is 9.20 Å². The van der Waals surface area contributed by atoms with Gasteiger partial charge in [-0.25, -0.2) is 9.37 Å². The van der Waals surface area contributed by atoms with Crippen LogP contribution in [-0.4, -0.2) is 34.5 Å². The van der Waals surface area contributed by atoms with Crippen molar-refractivity contribution in [1.29, 1.82) is 0 Å². The first-order valence-corrected chi connectivity index (χ1v) is 13.1. The number of carbonyl (C=O) groups excluding carboxylic acids is 1. The molecular formula is C29H30ClFN4O2. The molecule has 0 radical (unpaired) electrons. The molecule has 1 aliphatic heterocycles. The van der Waals surface area contributed by atoms with E-state index in [-0.39, 0.29) is 17.8 Å². The number of ether oxygens (including phenoxy) is 1. The molecule has 0 saturated carbocycles. The maximum absolute atomic E-state index is 13.1. The number of amides is 1. The Balaban J connectivity index is 1.19. The summed E-state index contributed by atoms with van der Waals surface area (Å²) in [7, 11) is 0. The highest BCUT2D eigenvalue weighted by Crippen LogP contribution is 2.29. The van der Waals surface area contributed by atoms with Gasteiger partial charge < -0.3 is 15.0 Å². The van der Waals surface area contributed by atoms with Gasteiger partial charge >= 0.3 is 0 Å². The molecule has 0 bridgehead atoms. The Hall–Kier alpha value is -3.42. The third-order valence-corrected chi connectivity index (χ3v) is 7.24. The molecule has 2 aromatic carbocycles. The molecule has 0 aliphatic carbocycles. The lowest BCUT2D eigenvalue weighted by Gasteiger charge is -2.34. The van der Waals surface area contributed by atoms with E-state index in [1.54, 1.807) is 22.7 Å². The first-order valence-electron chi connectivity index (χ1n) is 12.6. The molecule has 8 heteroatoms. The van der Waals surface area contributed by atoms with Crippen LogP contribution in [0.4, 0.5) is 10.1 Å². The second-order valence-electron chi connectivity index (χ2n) is 9.27. The fourth-order valence-corrected chi connectivity index (χ4v) is 5.10. The van der Waals surface area contributed by atoms with Crippen molar-refractivity contribution in [1.82, 2.24) is 14.7 Å². The minimum absolute atomic E-state index is 0.188. The molecule has 192 valence electrons. The van der Waals surface area contributed by atoms with Gasteiger partial charge in [-0.15, -0.1) is 0 Å². The molecule has 1 fully saturated rings. The lowest BCUT2D eigenvalue weighted by Crippen LogP contribution is -2.37. The van der Waals surface area contributed by atoms with E-state index in [1.807, 2.05) is 30.5 Å². The number of benzene rings is 2. The summed E-state index contributed by atoms with van der Waals surface area (Å²) in [6.07, 6.45) is 6.22.